The molecule has 1 N–H and O–H groups in total. The molecular weight excluding hydrogens is 284 g/mol. The predicted molar refractivity (Wildman–Crippen MR) is 71.0 cm³/mol. The normalized spacial score (nSPS) is 14.4. The molecule has 1 fully saturated rings. The number of hydrogen-bond donors (Lipinski definition) is 1. The Balaban J connectivity index is 2.01. The van der Waals surface area contributed by atoms with Crippen LogP contribution in [0.4, 0.5) is 5.13 Å². The van der Waals surface area contributed by atoms with E-state index < -0.39 is 17.8 Å². The quantitative estimate of drug-likeness (QED) is 0.508. The summed E-state index contributed by atoms with van der Waals surface area (Å²) in [5.74, 6) is -1.83. The van der Waals surface area contributed by atoms with Gasteiger partial charge < -0.3 is 4.84 Å². The van der Waals surface area contributed by atoms with Crippen LogP contribution in [0.3, 0.4) is 0 Å². The smallest absolute Gasteiger partial charge is 0.324 e. The number of nitrogens with zero attached hydrogens (tertiary/aromatic N) is 3. The summed E-state index contributed by atoms with van der Waals surface area (Å²) in [6.07, 6.45) is 1.42. The number of amides is 2. The van der Waals surface area contributed by atoms with Gasteiger partial charge in [-0.3, -0.25) is 15.0 Å². The Bertz CT molecular complexity index is 575. The van der Waals surface area contributed by atoms with Crippen LogP contribution in [0.1, 0.15) is 36.4 Å². The van der Waals surface area contributed by atoms with Crippen molar-refractivity contribution in [3.63, 3.8) is 0 Å². The fraction of sp³-hybridized carbons (Fsp3) is 0.364. The number of nitrogens with one attached hydrogen (secondary N) is 1. The van der Waals surface area contributed by atoms with Gasteiger partial charge in [0.25, 0.3) is 11.8 Å². The van der Waals surface area contributed by atoms with Crippen molar-refractivity contribution in [2.75, 3.05) is 5.43 Å². The minimum absolute atomic E-state index is 0.0616. The number of anilines is 1. The molecule has 1 aliphatic rings. The Morgan fingerprint density at radius 2 is 2.05 bits per heavy atom. The zero-order chi connectivity index (χ0) is 14.7. The number of carbonyl (C=O) groups is 3. The molecule has 0 saturated carbocycles. The van der Waals surface area contributed by atoms with Crippen LogP contribution < -0.4 is 5.43 Å². The van der Waals surface area contributed by atoms with Crippen LogP contribution in [-0.2, 0) is 14.4 Å². The van der Waals surface area contributed by atoms with Crippen LogP contribution in [0.2, 0.25) is 0 Å². The molecule has 1 aromatic heterocycles. The minimum atomic E-state index is -0.795. The number of hydrogen-bond acceptors (Lipinski definition) is 8. The van der Waals surface area contributed by atoms with Gasteiger partial charge in [0.1, 0.15) is 4.88 Å². The highest BCUT2D eigenvalue weighted by Gasteiger charge is 2.33. The van der Waals surface area contributed by atoms with E-state index in [-0.39, 0.29) is 17.7 Å². The van der Waals surface area contributed by atoms with Crippen LogP contribution in [0.15, 0.2) is 11.3 Å². The molecule has 0 unspecified atom stereocenters. The molecule has 9 heteroatoms. The van der Waals surface area contributed by atoms with Gasteiger partial charge in [-0.05, 0) is 13.8 Å². The second-order valence-electron chi connectivity index (χ2n) is 4.16. The van der Waals surface area contributed by atoms with E-state index in [9.17, 15) is 14.4 Å². The number of aromatic nitrogens is 1. The molecular formula is C11H12N4O4S. The molecule has 2 rings (SSSR count). The Kier molecular flexibility index (Phi) is 4.08. The van der Waals surface area contributed by atoms with Gasteiger partial charge in [0, 0.05) is 18.6 Å². The number of imide groups is 1. The van der Waals surface area contributed by atoms with E-state index in [4.69, 9.17) is 4.84 Å². The van der Waals surface area contributed by atoms with Gasteiger partial charge >= 0.3 is 5.97 Å². The third-order valence-electron chi connectivity index (χ3n) is 2.26. The lowest BCUT2D eigenvalue weighted by Gasteiger charge is -2.11. The highest BCUT2D eigenvalue weighted by atomic mass is 32.1. The molecule has 0 aromatic carbocycles. The molecule has 8 nitrogen and oxygen atoms in total. The highest BCUT2D eigenvalue weighted by Crippen LogP contribution is 2.21. The molecule has 0 atom stereocenters. The van der Waals surface area contributed by atoms with Gasteiger partial charge in [0.05, 0.1) is 6.20 Å². The number of hydrazone groups is 1. The van der Waals surface area contributed by atoms with Crippen molar-refractivity contribution in [2.45, 2.75) is 26.7 Å². The molecule has 20 heavy (non-hydrogen) atoms. The van der Waals surface area contributed by atoms with Crippen molar-refractivity contribution < 1.29 is 19.2 Å². The monoisotopic (exact) mass is 296 g/mol. The number of carbonyl (C=O) groups excluding carboxylic acids is 3. The van der Waals surface area contributed by atoms with Gasteiger partial charge in [-0.25, -0.2) is 9.78 Å². The van der Waals surface area contributed by atoms with Crippen molar-refractivity contribution in [1.29, 1.82) is 0 Å². The lowest BCUT2D eigenvalue weighted by molar-refractivity contribution is -0.172. The van der Waals surface area contributed by atoms with Crippen LogP contribution >= 0.6 is 11.3 Å². The number of thiazole rings is 1. The van der Waals surface area contributed by atoms with E-state index in [1.54, 1.807) is 13.8 Å². The Labute approximate surface area is 118 Å². The highest BCUT2D eigenvalue weighted by molar-refractivity contribution is 7.17. The summed E-state index contributed by atoms with van der Waals surface area (Å²) in [7, 11) is 0. The van der Waals surface area contributed by atoms with E-state index in [0.717, 1.165) is 17.0 Å². The predicted octanol–water partition coefficient (Wildman–Crippen LogP) is 1.17. The molecule has 0 spiro atoms. The second kappa shape index (κ2) is 5.78. The fourth-order valence-electron chi connectivity index (χ4n) is 1.37. The van der Waals surface area contributed by atoms with Gasteiger partial charge in [0.15, 0.2) is 0 Å². The third kappa shape index (κ3) is 3.18. The zero-order valence-electron chi connectivity index (χ0n) is 10.9. The van der Waals surface area contributed by atoms with E-state index in [0.29, 0.717) is 10.2 Å². The molecule has 0 bridgehead atoms. The summed E-state index contributed by atoms with van der Waals surface area (Å²) in [6, 6.07) is 0. The van der Waals surface area contributed by atoms with Gasteiger partial charge in [-0.15, -0.1) is 5.06 Å². The van der Waals surface area contributed by atoms with Crippen LogP contribution in [0, 0.1) is 0 Å². The topological polar surface area (TPSA) is 101 Å². The van der Waals surface area contributed by atoms with E-state index in [2.05, 4.69) is 15.5 Å². The molecule has 0 radical (unpaired) electrons. The minimum Gasteiger partial charge on any atom is -0.324 e. The van der Waals surface area contributed by atoms with Crippen molar-refractivity contribution in [3.8, 4) is 0 Å². The average molecular weight is 296 g/mol. The molecule has 1 aliphatic heterocycles. The zero-order valence-corrected chi connectivity index (χ0v) is 11.7. The van der Waals surface area contributed by atoms with Gasteiger partial charge in [-0.1, -0.05) is 11.3 Å². The summed E-state index contributed by atoms with van der Waals surface area (Å²) >= 11 is 1.02. The summed E-state index contributed by atoms with van der Waals surface area (Å²) in [5, 5.41) is 4.86. The van der Waals surface area contributed by atoms with E-state index in [1.807, 2.05) is 0 Å². The molecule has 2 amide bonds. The standard InChI is InChI=1S/C11H12N4O4S/c1-6(2)13-14-11-12-5-7(20-11)10(18)19-15-8(16)3-4-9(15)17/h5H,3-4H2,1-2H3,(H,12,14). The largest absolute Gasteiger partial charge is 0.375 e. The van der Waals surface area contributed by atoms with E-state index >= 15 is 0 Å². The SMILES string of the molecule is CC(C)=NNc1ncc(C(=O)ON2C(=O)CCC2=O)s1. The molecule has 1 saturated heterocycles. The number of rotatable bonds is 4. The van der Waals surface area contributed by atoms with Crippen molar-refractivity contribution in [1.82, 2.24) is 10.0 Å². The Hall–Kier alpha value is -2.29. The third-order valence-corrected chi connectivity index (χ3v) is 3.14. The van der Waals surface area contributed by atoms with Gasteiger partial charge in [-0.2, -0.15) is 5.10 Å². The van der Waals surface area contributed by atoms with Gasteiger partial charge in [0.2, 0.25) is 5.13 Å². The molecule has 1 aromatic rings. The van der Waals surface area contributed by atoms with Crippen molar-refractivity contribution in [3.05, 3.63) is 11.1 Å². The summed E-state index contributed by atoms with van der Waals surface area (Å²) < 4.78 is 0. The van der Waals surface area contributed by atoms with Crippen molar-refractivity contribution in [2.24, 2.45) is 5.10 Å². The first-order valence-electron chi connectivity index (χ1n) is 5.78. The second-order valence-corrected chi connectivity index (χ2v) is 5.19. The number of hydroxylamine groups is 2. The first kappa shape index (κ1) is 14.1. The Morgan fingerprint density at radius 3 is 2.65 bits per heavy atom. The van der Waals surface area contributed by atoms with E-state index in [1.165, 1.54) is 6.20 Å². The van der Waals surface area contributed by atoms with Crippen molar-refractivity contribution >= 4 is 40.0 Å². The summed E-state index contributed by atoms with van der Waals surface area (Å²) in [4.78, 5) is 43.3. The first-order valence-corrected chi connectivity index (χ1v) is 6.60. The maximum atomic E-state index is 11.8. The fourth-order valence-corrected chi connectivity index (χ4v) is 2.00. The van der Waals surface area contributed by atoms with Crippen LogP contribution in [-0.4, -0.2) is 33.5 Å². The first-order chi connectivity index (χ1) is 9.47. The molecule has 106 valence electrons. The molecule has 0 aliphatic carbocycles. The maximum absolute atomic E-state index is 11.8. The van der Waals surface area contributed by atoms with Crippen LogP contribution in [0.5, 0.6) is 0 Å². The summed E-state index contributed by atoms with van der Waals surface area (Å²) in [6.45, 7) is 3.61. The maximum Gasteiger partial charge on any atom is 0.375 e. The molecule has 2 heterocycles. The lowest BCUT2D eigenvalue weighted by atomic mass is 10.4. The lowest BCUT2D eigenvalue weighted by Crippen LogP contribution is -2.31. The average Bonchev–Trinajstić information content (AvgIpc) is 2.98. The Morgan fingerprint density at radius 1 is 1.40 bits per heavy atom. The summed E-state index contributed by atoms with van der Waals surface area (Å²) in [5.41, 5.74) is 3.47. The van der Waals surface area contributed by atoms with Crippen LogP contribution in [0.25, 0.3) is 0 Å².